The first-order valence-electron chi connectivity index (χ1n) is 3.68. The maximum atomic E-state index is 13.0. The summed E-state index contributed by atoms with van der Waals surface area (Å²) in [4.78, 5) is 0. The van der Waals surface area contributed by atoms with Gasteiger partial charge in [-0.15, -0.1) is 0 Å². The fourth-order valence-electron chi connectivity index (χ4n) is 1.05. The molecule has 64 valence electrons. The van der Waals surface area contributed by atoms with Crippen LogP contribution in [-0.4, -0.2) is 0 Å². The van der Waals surface area contributed by atoms with Gasteiger partial charge in [0.2, 0.25) is 0 Å². The van der Waals surface area contributed by atoms with Gasteiger partial charge in [-0.25, -0.2) is 4.39 Å². The van der Waals surface area contributed by atoms with E-state index in [-0.39, 0.29) is 5.82 Å². The van der Waals surface area contributed by atoms with E-state index in [1.807, 2.05) is 6.07 Å². The molecule has 0 bridgehead atoms. The van der Waals surface area contributed by atoms with E-state index in [1.54, 1.807) is 13.0 Å². The zero-order valence-electron chi connectivity index (χ0n) is 6.90. The van der Waals surface area contributed by atoms with Crippen molar-refractivity contribution in [3.63, 3.8) is 0 Å². The van der Waals surface area contributed by atoms with Crippen LogP contribution in [0, 0.1) is 12.7 Å². The van der Waals surface area contributed by atoms with Gasteiger partial charge in [-0.3, -0.25) is 0 Å². The van der Waals surface area contributed by atoms with Crippen molar-refractivity contribution in [2.45, 2.75) is 13.3 Å². The molecule has 1 aromatic carbocycles. The van der Waals surface area contributed by atoms with E-state index in [9.17, 15) is 4.39 Å². The highest BCUT2D eigenvalue weighted by Gasteiger charge is 2.02. The van der Waals surface area contributed by atoms with Crippen LogP contribution in [0.25, 0.3) is 0 Å². The van der Waals surface area contributed by atoms with E-state index in [0.717, 1.165) is 5.56 Å². The van der Waals surface area contributed by atoms with Crippen LogP contribution in [0.5, 0.6) is 0 Å². The highest BCUT2D eigenvalue weighted by Crippen LogP contribution is 2.16. The Kier molecular flexibility index (Phi) is 2.88. The van der Waals surface area contributed by atoms with Crippen LogP contribution < -0.4 is 0 Å². The summed E-state index contributed by atoms with van der Waals surface area (Å²) in [6.07, 6.45) is 0.533. The molecule has 0 heterocycles. The first-order chi connectivity index (χ1) is 5.61. The summed E-state index contributed by atoms with van der Waals surface area (Å²) in [6.45, 7) is 5.30. The van der Waals surface area contributed by atoms with Gasteiger partial charge in [0.15, 0.2) is 0 Å². The maximum absolute atomic E-state index is 13.0. The number of rotatable bonds is 2. The molecule has 0 saturated heterocycles. The van der Waals surface area contributed by atoms with E-state index in [2.05, 4.69) is 6.58 Å². The lowest BCUT2D eigenvalue weighted by atomic mass is 10.1. The minimum absolute atomic E-state index is 0.189. The van der Waals surface area contributed by atoms with Gasteiger partial charge >= 0.3 is 0 Å². The van der Waals surface area contributed by atoms with Crippen molar-refractivity contribution in [3.8, 4) is 0 Å². The molecule has 0 N–H and O–H groups in total. The average Bonchev–Trinajstić information content (AvgIpc) is 1.98. The number of halogens is 2. The summed E-state index contributed by atoms with van der Waals surface area (Å²) in [5.41, 5.74) is 1.55. The molecule has 0 aliphatic rings. The molecule has 2 heteroatoms. The Bertz CT molecular complexity index is 305. The number of hydrogen-bond acceptors (Lipinski definition) is 0. The second-order valence-corrected chi connectivity index (χ2v) is 3.25. The lowest BCUT2D eigenvalue weighted by Gasteiger charge is -2.04. The quantitative estimate of drug-likeness (QED) is 0.661. The van der Waals surface area contributed by atoms with Crippen molar-refractivity contribution in [3.05, 3.63) is 46.8 Å². The second kappa shape index (κ2) is 3.72. The molecule has 0 nitrogen and oxygen atoms in total. The van der Waals surface area contributed by atoms with Crippen LogP contribution in [0.4, 0.5) is 4.39 Å². The van der Waals surface area contributed by atoms with E-state index in [4.69, 9.17) is 11.6 Å². The molecule has 0 aliphatic carbocycles. The fraction of sp³-hybridized carbons (Fsp3) is 0.200. The molecule has 0 aliphatic heterocycles. The van der Waals surface area contributed by atoms with Crippen molar-refractivity contribution in [1.82, 2.24) is 0 Å². The Balaban J connectivity index is 3.00. The molecule has 0 radical (unpaired) electrons. The normalized spacial score (nSPS) is 9.92. The molecule has 12 heavy (non-hydrogen) atoms. The van der Waals surface area contributed by atoms with Crippen molar-refractivity contribution < 1.29 is 4.39 Å². The highest BCUT2D eigenvalue weighted by atomic mass is 35.5. The van der Waals surface area contributed by atoms with Crippen molar-refractivity contribution >= 4 is 11.6 Å². The molecule has 1 aromatic rings. The first-order valence-corrected chi connectivity index (χ1v) is 4.06. The van der Waals surface area contributed by atoms with Gasteiger partial charge in [0.25, 0.3) is 0 Å². The van der Waals surface area contributed by atoms with E-state index >= 15 is 0 Å². The predicted molar refractivity (Wildman–Crippen MR) is 49.8 cm³/mol. The molecular formula is C10H10ClF. The maximum Gasteiger partial charge on any atom is 0.126 e. The summed E-state index contributed by atoms with van der Waals surface area (Å²) in [6, 6.07) is 4.97. The molecule has 0 amide bonds. The number of allylic oxidation sites excluding steroid dienone is 1. The Morgan fingerprint density at radius 2 is 2.25 bits per heavy atom. The summed E-state index contributed by atoms with van der Waals surface area (Å²) in [5, 5.41) is 0.531. The molecular weight excluding hydrogens is 175 g/mol. The van der Waals surface area contributed by atoms with Crippen molar-refractivity contribution in [2.75, 3.05) is 0 Å². The second-order valence-electron chi connectivity index (χ2n) is 2.72. The molecule has 0 fully saturated rings. The lowest BCUT2D eigenvalue weighted by molar-refractivity contribution is 0.616. The van der Waals surface area contributed by atoms with E-state index in [0.29, 0.717) is 17.0 Å². The van der Waals surface area contributed by atoms with Gasteiger partial charge in [-0.05, 0) is 24.1 Å². The third-order valence-corrected chi connectivity index (χ3v) is 1.90. The lowest BCUT2D eigenvalue weighted by Crippen LogP contribution is -1.92. The highest BCUT2D eigenvalue weighted by molar-refractivity contribution is 6.29. The van der Waals surface area contributed by atoms with E-state index in [1.165, 1.54) is 6.07 Å². The molecule has 0 aromatic heterocycles. The van der Waals surface area contributed by atoms with Gasteiger partial charge in [0.05, 0.1) is 0 Å². The summed E-state index contributed by atoms with van der Waals surface area (Å²) in [5.74, 6) is -0.189. The Morgan fingerprint density at radius 3 is 2.83 bits per heavy atom. The van der Waals surface area contributed by atoms with Crippen molar-refractivity contribution in [1.29, 1.82) is 0 Å². The SMILES string of the molecule is C=C(Cl)Cc1cccc(F)c1C. The number of hydrogen-bond donors (Lipinski definition) is 0. The third kappa shape index (κ3) is 2.08. The van der Waals surface area contributed by atoms with Crippen LogP contribution >= 0.6 is 11.6 Å². The zero-order chi connectivity index (χ0) is 9.14. The topological polar surface area (TPSA) is 0 Å². The minimum Gasteiger partial charge on any atom is -0.207 e. The predicted octanol–water partition coefficient (Wildman–Crippen LogP) is 3.43. The molecule has 0 unspecified atom stereocenters. The smallest absolute Gasteiger partial charge is 0.126 e. The van der Waals surface area contributed by atoms with Crippen LogP contribution in [0.2, 0.25) is 0 Å². The summed E-state index contributed by atoms with van der Waals surface area (Å²) < 4.78 is 13.0. The Labute approximate surface area is 76.7 Å². The van der Waals surface area contributed by atoms with Gasteiger partial charge in [-0.2, -0.15) is 0 Å². The zero-order valence-corrected chi connectivity index (χ0v) is 7.66. The van der Waals surface area contributed by atoms with E-state index < -0.39 is 0 Å². The van der Waals surface area contributed by atoms with Crippen LogP contribution in [0.1, 0.15) is 11.1 Å². The van der Waals surface area contributed by atoms with Gasteiger partial charge in [0, 0.05) is 11.5 Å². The third-order valence-electron chi connectivity index (χ3n) is 1.76. The van der Waals surface area contributed by atoms with Crippen LogP contribution in [0.3, 0.4) is 0 Å². The minimum atomic E-state index is -0.189. The molecule has 0 saturated carbocycles. The van der Waals surface area contributed by atoms with Crippen LogP contribution in [0.15, 0.2) is 29.8 Å². The summed E-state index contributed by atoms with van der Waals surface area (Å²) in [7, 11) is 0. The fourth-order valence-corrected chi connectivity index (χ4v) is 1.19. The van der Waals surface area contributed by atoms with Crippen molar-refractivity contribution in [2.24, 2.45) is 0 Å². The van der Waals surface area contributed by atoms with Gasteiger partial charge < -0.3 is 0 Å². The Morgan fingerprint density at radius 1 is 1.58 bits per heavy atom. The molecule has 0 atom stereocenters. The first kappa shape index (κ1) is 9.27. The largest absolute Gasteiger partial charge is 0.207 e. The Hall–Kier alpha value is -0.820. The average molecular weight is 185 g/mol. The number of benzene rings is 1. The van der Waals surface area contributed by atoms with Crippen LogP contribution in [-0.2, 0) is 6.42 Å². The summed E-state index contributed by atoms with van der Waals surface area (Å²) >= 11 is 5.62. The molecule has 1 rings (SSSR count). The molecule has 0 spiro atoms. The monoisotopic (exact) mass is 184 g/mol. The standard InChI is InChI=1S/C10H10ClF/c1-7(11)6-9-4-3-5-10(12)8(9)2/h3-5H,1,6H2,2H3. The van der Waals surface area contributed by atoms with Gasteiger partial charge in [-0.1, -0.05) is 30.3 Å². The van der Waals surface area contributed by atoms with Gasteiger partial charge in [0.1, 0.15) is 5.82 Å².